The molecule has 0 spiro atoms. The smallest absolute Gasteiger partial charge is 0.182 e. The summed E-state index contributed by atoms with van der Waals surface area (Å²) in [7, 11) is 3.95. The molecule has 9 nitrogen and oxygen atoms in total. The third kappa shape index (κ3) is 5.53. The summed E-state index contributed by atoms with van der Waals surface area (Å²) in [6, 6.07) is 6.10. The first-order chi connectivity index (χ1) is 18.9. The summed E-state index contributed by atoms with van der Waals surface area (Å²) in [5.41, 5.74) is 3.17. The molecule has 3 heterocycles. The molecule has 0 atom stereocenters. The molecule has 1 aliphatic carbocycles. The second-order valence-corrected chi connectivity index (χ2v) is 9.65. The first-order valence-corrected chi connectivity index (χ1v) is 12.9. The van der Waals surface area contributed by atoms with Gasteiger partial charge in [0.25, 0.3) is 0 Å². The van der Waals surface area contributed by atoms with Crippen LogP contribution in [0.4, 0.5) is 20.3 Å². The van der Waals surface area contributed by atoms with Crippen molar-refractivity contribution in [2.45, 2.75) is 32.7 Å². The van der Waals surface area contributed by atoms with Gasteiger partial charge in [-0.15, -0.1) is 0 Å². The lowest BCUT2D eigenvalue weighted by Gasteiger charge is -2.26. The molecular formula is C28H31F2N7O2. The van der Waals surface area contributed by atoms with E-state index >= 15 is 0 Å². The zero-order chi connectivity index (χ0) is 27.5. The first-order valence-electron chi connectivity index (χ1n) is 12.9. The fraction of sp³-hybridized carbons (Fsp3) is 0.357. The molecule has 0 radical (unpaired) electrons. The summed E-state index contributed by atoms with van der Waals surface area (Å²) in [6.07, 6.45) is 7.13. The number of likely N-dealkylation sites (N-methyl/N-ethyl adjacent to an activating group) is 1. The summed E-state index contributed by atoms with van der Waals surface area (Å²) < 4.78 is 36.6. The standard InChI is InChI=1S/C28H31F2N7O2/c1-4-39-19-14-22(29)21(23(30)15-19)17-37-24-7-5-6-20(24)26(34-37)27-32-16-25(38)28(33-27)36(13-12-35(2)3)18-8-10-31-11-9-18/h8-11,14-16,38H,4-7,12-13,17H2,1-3H3. The number of fused-ring (bicyclic) bond motifs is 1. The van der Waals surface area contributed by atoms with Gasteiger partial charge in [0.1, 0.15) is 23.1 Å². The highest BCUT2D eigenvalue weighted by Crippen LogP contribution is 2.36. The molecule has 4 aromatic rings. The van der Waals surface area contributed by atoms with Crippen molar-refractivity contribution in [3.8, 4) is 23.0 Å². The van der Waals surface area contributed by atoms with Crippen LogP contribution >= 0.6 is 0 Å². The topological polar surface area (TPSA) is 92.4 Å². The van der Waals surface area contributed by atoms with Crippen LogP contribution in [0.5, 0.6) is 11.5 Å². The van der Waals surface area contributed by atoms with Crippen molar-refractivity contribution in [2.75, 3.05) is 38.7 Å². The van der Waals surface area contributed by atoms with Crippen LogP contribution in [0.2, 0.25) is 0 Å². The monoisotopic (exact) mass is 535 g/mol. The molecule has 0 aliphatic heterocycles. The Kier molecular flexibility index (Phi) is 7.69. The van der Waals surface area contributed by atoms with E-state index in [-0.39, 0.29) is 23.6 Å². The van der Waals surface area contributed by atoms with Gasteiger partial charge in [0, 0.05) is 60.1 Å². The van der Waals surface area contributed by atoms with Crippen LogP contribution in [0, 0.1) is 11.6 Å². The van der Waals surface area contributed by atoms with Crippen LogP contribution in [0.25, 0.3) is 11.5 Å². The molecule has 204 valence electrons. The lowest BCUT2D eigenvalue weighted by atomic mass is 10.1. The quantitative estimate of drug-likeness (QED) is 0.320. The third-order valence-electron chi connectivity index (χ3n) is 6.70. The number of hydrogen-bond acceptors (Lipinski definition) is 8. The van der Waals surface area contributed by atoms with Crippen LogP contribution in [-0.4, -0.2) is 68.5 Å². The second-order valence-electron chi connectivity index (χ2n) is 9.65. The molecular weight excluding hydrogens is 504 g/mol. The van der Waals surface area contributed by atoms with Gasteiger partial charge in [-0.3, -0.25) is 9.67 Å². The lowest BCUT2D eigenvalue weighted by molar-refractivity contribution is 0.335. The average molecular weight is 536 g/mol. The van der Waals surface area contributed by atoms with E-state index < -0.39 is 11.6 Å². The van der Waals surface area contributed by atoms with Crippen molar-refractivity contribution in [1.82, 2.24) is 29.6 Å². The number of aromatic hydroxyl groups is 1. The number of nitrogens with zero attached hydrogens (tertiary/aromatic N) is 7. The largest absolute Gasteiger partial charge is 0.503 e. The molecule has 1 aromatic carbocycles. The number of aromatic nitrogens is 5. The van der Waals surface area contributed by atoms with Gasteiger partial charge >= 0.3 is 0 Å². The van der Waals surface area contributed by atoms with Crippen LogP contribution in [-0.2, 0) is 19.4 Å². The molecule has 0 saturated heterocycles. The van der Waals surface area contributed by atoms with Gasteiger partial charge in [-0.05, 0) is 52.4 Å². The molecule has 1 aliphatic rings. The Hall–Kier alpha value is -4.12. The van der Waals surface area contributed by atoms with E-state index in [0.29, 0.717) is 37.0 Å². The van der Waals surface area contributed by atoms with E-state index in [1.807, 2.05) is 36.0 Å². The number of pyridine rings is 1. The molecule has 5 rings (SSSR count). The summed E-state index contributed by atoms with van der Waals surface area (Å²) in [5, 5.41) is 15.5. The normalized spacial score (nSPS) is 12.7. The zero-order valence-corrected chi connectivity index (χ0v) is 22.2. The van der Waals surface area contributed by atoms with E-state index in [9.17, 15) is 13.9 Å². The zero-order valence-electron chi connectivity index (χ0n) is 22.2. The Morgan fingerprint density at radius 1 is 1.08 bits per heavy atom. The molecule has 11 heteroatoms. The fourth-order valence-electron chi connectivity index (χ4n) is 4.81. The summed E-state index contributed by atoms with van der Waals surface area (Å²) in [4.78, 5) is 17.2. The number of ether oxygens (including phenoxy) is 1. The third-order valence-corrected chi connectivity index (χ3v) is 6.70. The molecule has 39 heavy (non-hydrogen) atoms. The van der Waals surface area contributed by atoms with Crippen LogP contribution in [0.15, 0.2) is 42.9 Å². The number of halogens is 2. The molecule has 0 bridgehead atoms. The van der Waals surface area contributed by atoms with Crippen molar-refractivity contribution < 1.29 is 18.6 Å². The predicted octanol–water partition coefficient (Wildman–Crippen LogP) is 4.35. The number of rotatable bonds is 10. The minimum absolute atomic E-state index is 0.0658. The SMILES string of the molecule is CCOc1cc(F)c(Cn2nc(-c3ncc(O)c(N(CCN(C)C)c4ccncc4)n3)c3c2CCC3)c(F)c1. The molecule has 0 unspecified atom stereocenters. The van der Waals surface area contributed by atoms with Gasteiger partial charge in [0.15, 0.2) is 17.4 Å². The molecule has 1 N–H and O–H groups in total. The highest BCUT2D eigenvalue weighted by Gasteiger charge is 2.27. The Morgan fingerprint density at radius 3 is 2.51 bits per heavy atom. The summed E-state index contributed by atoms with van der Waals surface area (Å²) >= 11 is 0. The maximum absolute atomic E-state index is 14.9. The van der Waals surface area contributed by atoms with Crippen LogP contribution in [0.1, 0.15) is 30.2 Å². The van der Waals surface area contributed by atoms with Gasteiger partial charge in [0.2, 0.25) is 0 Å². The van der Waals surface area contributed by atoms with E-state index in [1.165, 1.54) is 18.3 Å². The maximum Gasteiger partial charge on any atom is 0.182 e. The Bertz CT molecular complexity index is 1440. The van der Waals surface area contributed by atoms with E-state index in [2.05, 4.69) is 9.97 Å². The first kappa shape index (κ1) is 26.5. The van der Waals surface area contributed by atoms with Crippen LogP contribution < -0.4 is 9.64 Å². The van der Waals surface area contributed by atoms with E-state index in [4.69, 9.17) is 14.8 Å². The molecule has 0 fully saturated rings. The fourth-order valence-corrected chi connectivity index (χ4v) is 4.81. The molecule has 0 saturated carbocycles. The van der Waals surface area contributed by atoms with Gasteiger partial charge in [-0.2, -0.15) is 5.10 Å². The average Bonchev–Trinajstić information content (AvgIpc) is 3.52. The lowest BCUT2D eigenvalue weighted by Crippen LogP contribution is -2.29. The van der Waals surface area contributed by atoms with Gasteiger partial charge in [-0.25, -0.2) is 18.7 Å². The maximum atomic E-state index is 14.9. The number of hydrogen-bond donors (Lipinski definition) is 1. The van der Waals surface area contributed by atoms with Crippen molar-refractivity contribution >= 4 is 11.5 Å². The minimum atomic E-state index is -0.681. The minimum Gasteiger partial charge on any atom is -0.503 e. The van der Waals surface area contributed by atoms with Gasteiger partial charge in [-0.1, -0.05) is 0 Å². The molecule has 3 aromatic heterocycles. The number of benzene rings is 1. The molecule has 0 amide bonds. The highest BCUT2D eigenvalue weighted by atomic mass is 19.1. The van der Waals surface area contributed by atoms with E-state index in [0.717, 1.165) is 36.2 Å². The van der Waals surface area contributed by atoms with Crippen molar-refractivity contribution in [3.63, 3.8) is 0 Å². The predicted molar refractivity (Wildman–Crippen MR) is 143 cm³/mol. The highest BCUT2D eigenvalue weighted by molar-refractivity contribution is 5.68. The van der Waals surface area contributed by atoms with Crippen molar-refractivity contribution in [2.24, 2.45) is 0 Å². The van der Waals surface area contributed by atoms with E-state index in [1.54, 1.807) is 24.0 Å². The Labute approximate surface area is 225 Å². The summed E-state index contributed by atoms with van der Waals surface area (Å²) in [5.74, 6) is -0.586. The Morgan fingerprint density at radius 2 is 1.82 bits per heavy atom. The Balaban J connectivity index is 1.53. The van der Waals surface area contributed by atoms with Crippen molar-refractivity contribution in [3.05, 3.63) is 71.3 Å². The summed E-state index contributed by atoms with van der Waals surface area (Å²) in [6.45, 7) is 3.28. The van der Waals surface area contributed by atoms with Crippen molar-refractivity contribution in [1.29, 1.82) is 0 Å². The second kappa shape index (κ2) is 11.3. The number of anilines is 2. The van der Waals surface area contributed by atoms with Crippen LogP contribution in [0.3, 0.4) is 0 Å². The van der Waals surface area contributed by atoms with Gasteiger partial charge in [0.05, 0.1) is 19.3 Å². The van der Waals surface area contributed by atoms with Gasteiger partial charge < -0.3 is 19.6 Å².